The van der Waals surface area contributed by atoms with Gasteiger partial charge in [0.25, 0.3) is 0 Å². The molecule has 0 amide bonds. The summed E-state index contributed by atoms with van der Waals surface area (Å²) in [5.41, 5.74) is 1.36. The SMILES string of the molecule is CC(C)Cc1c(Br)cnn1C1CCNCC1. The lowest BCUT2D eigenvalue weighted by Crippen LogP contribution is -2.30. The van der Waals surface area contributed by atoms with Crippen LogP contribution in [0.5, 0.6) is 0 Å². The molecule has 0 aromatic carbocycles. The van der Waals surface area contributed by atoms with Crippen molar-refractivity contribution < 1.29 is 0 Å². The van der Waals surface area contributed by atoms with Crippen molar-refractivity contribution in [3.05, 3.63) is 16.4 Å². The molecule has 1 aromatic rings. The highest BCUT2D eigenvalue weighted by Crippen LogP contribution is 2.26. The number of halogens is 1. The van der Waals surface area contributed by atoms with Crippen LogP contribution in [0.15, 0.2) is 10.7 Å². The summed E-state index contributed by atoms with van der Waals surface area (Å²) < 4.78 is 3.41. The first-order chi connectivity index (χ1) is 7.68. The molecule has 2 rings (SSSR count). The molecule has 0 aliphatic carbocycles. The van der Waals surface area contributed by atoms with Crippen molar-refractivity contribution >= 4 is 15.9 Å². The van der Waals surface area contributed by atoms with Gasteiger partial charge in [0.05, 0.1) is 22.4 Å². The average molecular weight is 286 g/mol. The Hall–Kier alpha value is -0.350. The fourth-order valence-corrected chi connectivity index (χ4v) is 2.75. The summed E-state index contributed by atoms with van der Waals surface area (Å²) in [5, 5.41) is 7.93. The molecule has 1 saturated heterocycles. The summed E-state index contributed by atoms with van der Waals surface area (Å²) in [6, 6.07) is 0.585. The first-order valence-corrected chi connectivity index (χ1v) is 6.90. The number of piperidine rings is 1. The molecule has 1 fully saturated rings. The molecule has 1 aliphatic rings. The van der Waals surface area contributed by atoms with Crippen LogP contribution >= 0.6 is 15.9 Å². The maximum absolute atomic E-state index is 4.53. The first-order valence-electron chi connectivity index (χ1n) is 6.11. The van der Waals surface area contributed by atoms with E-state index in [0.29, 0.717) is 12.0 Å². The van der Waals surface area contributed by atoms with Gasteiger partial charge in [-0.2, -0.15) is 5.10 Å². The Morgan fingerprint density at radius 3 is 2.81 bits per heavy atom. The summed E-state index contributed by atoms with van der Waals surface area (Å²) in [7, 11) is 0. The number of rotatable bonds is 3. The zero-order valence-corrected chi connectivity index (χ0v) is 11.6. The minimum atomic E-state index is 0.585. The summed E-state index contributed by atoms with van der Waals surface area (Å²) in [5.74, 6) is 0.675. The Balaban J connectivity index is 2.18. The molecule has 1 N–H and O–H groups in total. The molecule has 1 aromatic heterocycles. The first kappa shape index (κ1) is 12.1. The fourth-order valence-electron chi connectivity index (χ4n) is 2.31. The lowest BCUT2D eigenvalue weighted by Gasteiger charge is -2.25. The van der Waals surface area contributed by atoms with Crippen LogP contribution in [0.3, 0.4) is 0 Å². The van der Waals surface area contributed by atoms with E-state index in [9.17, 15) is 0 Å². The molecular formula is C12H20BrN3. The standard InChI is InChI=1S/C12H20BrN3/c1-9(2)7-12-11(13)8-15-16(12)10-3-5-14-6-4-10/h8-10,14H,3-7H2,1-2H3. The minimum absolute atomic E-state index is 0.585. The molecule has 1 aliphatic heterocycles. The van der Waals surface area contributed by atoms with Crippen molar-refractivity contribution in [3.63, 3.8) is 0 Å². The molecule has 0 radical (unpaired) electrons. The highest BCUT2D eigenvalue weighted by molar-refractivity contribution is 9.10. The van der Waals surface area contributed by atoms with E-state index in [2.05, 4.69) is 44.9 Å². The molecule has 16 heavy (non-hydrogen) atoms. The third-order valence-corrected chi connectivity index (χ3v) is 3.77. The molecule has 4 heteroatoms. The third kappa shape index (κ3) is 2.66. The van der Waals surface area contributed by atoms with Gasteiger partial charge < -0.3 is 5.32 Å². The number of nitrogens with zero attached hydrogens (tertiary/aromatic N) is 2. The minimum Gasteiger partial charge on any atom is -0.317 e. The molecule has 2 heterocycles. The highest BCUT2D eigenvalue weighted by Gasteiger charge is 2.20. The summed E-state index contributed by atoms with van der Waals surface area (Å²) >= 11 is 3.61. The molecule has 0 unspecified atom stereocenters. The number of hydrogen-bond donors (Lipinski definition) is 1. The van der Waals surface area contributed by atoms with Gasteiger partial charge in [0.15, 0.2) is 0 Å². The molecular weight excluding hydrogens is 266 g/mol. The zero-order valence-electron chi connectivity index (χ0n) is 10.0. The Kier molecular flexibility index (Phi) is 4.03. The maximum Gasteiger partial charge on any atom is 0.0635 e. The fraction of sp³-hybridized carbons (Fsp3) is 0.750. The highest BCUT2D eigenvalue weighted by atomic mass is 79.9. The molecule has 0 bridgehead atoms. The van der Waals surface area contributed by atoms with Crippen molar-refractivity contribution in [1.29, 1.82) is 0 Å². The van der Waals surface area contributed by atoms with Crippen molar-refractivity contribution in [3.8, 4) is 0 Å². The van der Waals surface area contributed by atoms with Crippen molar-refractivity contribution in [2.24, 2.45) is 5.92 Å². The lowest BCUT2D eigenvalue weighted by atomic mass is 10.0. The van der Waals surface area contributed by atoms with Gasteiger partial charge in [-0.1, -0.05) is 13.8 Å². The number of nitrogens with one attached hydrogen (secondary N) is 1. The topological polar surface area (TPSA) is 29.9 Å². The molecule has 90 valence electrons. The van der Waals surface area contributed by atoms with Crippen LogP contribution in [0.25, 0.3) is 0 Å². The molecule has 0 saturated carbocycles. The molecule has 0 atom stereocenters. The number of aromatic nitrogens is 2. The van der Waals surface area contributed by atoms with E-state index >= 15 is 0 Å². The van der Waals surface area contributed by atoms with E-state index in [1.807, 2.05) is 6.20 Å². The monoisotopic (exact) mass is 285 g/mol. The molecule has 3 nitrogen and oxygen atoms in total. The number of hydrogen-bond acceptors (Lipinski definition) is 2. The predicted octanol–water partition coefficient (Wildman–Crippen LogP) is 2.77. The van der Waals surface area contributed by atoms with Crippen LogP contribution in [0, 0.1) is 5.92 Å². The largest absolute Gasteiger partial charge is 0.317 e. The van der Waals surface area contributed by atoms with E-state index < -0.39 is 0 Å². The summed E-state index contributed by atoms with van der Waals surface area (Å²) in [6.07, 6.45) is 5.43. The second-order valence-corrected chi connectivity index (χ2v) is 5.82. The van der Waals surface area contributed by atoms with Crippen LogP contribution in [0.4, 0.5) is 0 Å². The van der Waals surface area contributed by atoms with Crippen LogP contribution in [0.2, 0.25) is 0 Å². The normalized spacial score (nSPS) is 18.2. The quantitative estimate of drug-likeness (QED) is 0.926. The second kappa shape index (κ2) is 5.32. The van der Waals surface area contributed by atoms with Gasteiger partial charge in [-0.3, -0.25) is 4.68 Å². The van der Waals surface area contributed by atoms with Crippen LogP contribution in [-0.2, 0) is 6.42 Å². The van der Waals surface area contributed by atoms with Crippen LogP contribution < -0.4 is 5.32 Å². The van der Waals surface area contributed by atoms with Crippen LogP contribution in [0.1, 0.15) is 38.4 Å². The lowest BCUT2D eigenvalue weighted by molar-refractivity contribution is 0.332. The van der Waals surface area contributed by atoms with E-state index in [-0.39, 0.29) is 0 Å². The predicted molar refractivity (Wildman–Crippen MR) is 69.6 cm³/mol. The third-order valence-electron chi connectivity index (χ3n) is 3.10. The van der Waals surface area contributed by atoms with E-state index in [1.54, 1.807) is 0 Å². The van der Waals surface area contributed by atoms with Gasteiger partial charge >= 0.3 is 0 Å². The summed E-state index contributed by atoms with van der Waals surface area (Å²) in [4.78, 5) is 0. The average Bonchev–Trinajstić information content (AvgIpc) is 2.61. The second-order valence-electron chi connectivity index (χ2n) is 4.96. The van der Waals surface area contributed by atoms with Gasteiger partial charge in [-0.25, -0.2) is 0 Å². The van der Waals surface area contributed by atoms with Gasteiger partial charge in [-0.05, 0) is 54.2 Å². The van der Waals surface area contributed by atoms with E-state index in [1.165, 1.54) is 23.0 Å². The van der Waals surface area contributed by atoms with Crippen molar-refractivity contribution in [1.82, 2.24) is 15.1 Å². The molecule has 0 spiro atoms. The Morgan fingerprint density at radius 1 is 1.50 bits per heavy atom. The maximum atomic E-state index is 4.53. The Morgan fingerprint density at radius 2 is 2.19 bits per heavy atom. The van der Waals surface area contributed by atoms with Crippen molar-refractivity contribution in [2.75, 3.05) is 13.1 Å². The Labute approximate surface area is 106 Å². The summed E-state index contributed by atoms with van der Waals surface area (Å²) in [6.45, 7) is 6.74. The van der Waals surface area contributed by atoms with E-state index in [4.69, 9.17) is 0 Å². The van der Waals surface area contributed by atoms with Gasteiger partial charge in [0, 0.05) is 0 Å². The van der Waals surface area contributed by atoms with Crippen molar-refractivity contribution in [2.45, 2.75) is 39.2 Å². The smallest absolute Gasteiger partial charge is 0.0635 e. The van der Waals surface area contributed by atoms with Gasteiger partial charge in [-0.15, -0.1) is 0 Å². The van der Waals surface area contributed by atoms with Gasteiger partial charge in [0.1, 0.15) is 0 Å². The van der Waals surface area contributed by atoms with Crippen LogP contribution in [-0.4, -0.2) is 22.9 Å². The van der Waals surface area contributed by atoms with Gasteiger partial charge in [0.2, 0.25) is 0 Å². The zero-order chi connectivity index (χ0) is 11.5. The van der Waals surface area contributed by atoms with E-state index in [0.717, 1.165) is 19.5 Å². The Bertz CT molecular complexity index is 340.